The van der Waals surface area contributed by atoms with Gasteiger partial charge in [-0.25, -0.2) is 4.98 Å². The minimum atomic E-state index is 0.446. The number of hydrogen-bond acceptors (Lipinski definition) is 5. The van der Waals surface area contributed by atoms with E-state index < -0.39 is 0 Å². The molecule has 0 atom stereocenters. The van der Waals surface area contributed by atoms with E-state index in [1.54, 1.807) is 12.4 Å². The van der Waals surface area contributed by atoms with Crippen LogP contribution in [0.2, 0.25) is 0 Å². The second-order valence-corrected chi connectivity index (χ2v) is 4.81. The van der Waals surface area contributed by atoms with E-state index in [1.165, 1.54) is 25.9 Å². The first-order valence-corrected chi connectivity index (χ1v) is 6.71. The van der Waals surface area contributed by atoms with E-state index in [1.807, 2.05) is 0 Å². The zero-order chi connectivity index (χ0) is 13.0. The van der Waals surface area contributed by atoms with Crippen LogP contribution < -0.4 is 10.6 Å². The third-order valence-electron chi connectivity index (χ3n) is 3.83. The molecule has 2 heterocycles. The van der Waals surface area contributed by atoms with E-state index in [4.69, 9.17) is 5.73 Å². The van der Waals surface area contributed by atoms with Gasteiger partial charge in [-0.05, 0) is 19.4 Å². The minimum Gasteiger partial charge on any atom is -0.355 e. The zero-order valence-electron chi connectivity index (χ0n) is 11.3. The Bertz CT molecular complexity index is 373. The Kier molecular flexibility index (Phi) is 4.49. The Morgan fingerprint density at radius 1 is 1.33 bits per heavy atom. The van der Waals surface area contributed by atoms with Gasteiger partial charge < -0.3 is 15.5 Å². The smallest absolute Gasteiger partial charge is 0.151 e. The van der Waals surface area contributed by atoms with Crippen molar-refractivity contribution in [2.24, 2.45) is 5.73 Å². The highest BCUT2D eigenvalue weighted by atomic mass is 15.2. The van der Waals surface area contributed by atoms with Crippen molar-refractivity contribution in [1.29, 1.82) is 0 Å². The summed E-state index contributed by atoms with van der Waals surface area (Å²) in [5.41, 5.74) is 6.61. The fourth-order valence-corrected chi connectivity index (χ4v) is 2.59. The molecule has 1 aromatic heterocycles. The van der Waals surface area contributed by atoms with E-state index >= 15 is 0 Å². The second kappa shape index (κ2) is 6.11. The molecular formula is C13H23N5. The number of rotatable bonds is 4. The van der Waals surface area contributed by atoms with Crippen LogP contribution in [-0.4, -0.2) is 47.6 Å². The Morgan fingerprint density at radius 3 is 2.61 bits per heavy atom. The highest BCUT2D eigenvalue weighted by Gasteiger charge is 2.23. The first-order valence-electron chi connectivity index (χ1n) is 6.71. The van der Waals surface area contributed by atoms with Crippen molar-refractivity contribution in [1.82, 2.24) is 14.9 Å². The van der Waals surface area contributed by atoms with E-state index in [2.05, 4.69) is 33.7 Å². The molecule has 1 saturated heterocycles. The molecule has 5 nitrogen and oxygen atoms in total. The van der Waals surface area contributed by atoms with Crippen LogP contribution in [0.5, 0.6) is 0 Å². The summed E-state index contributed by atoms with van der Waals surface area (Å²) in [6.45, 7) is 6.16. The highest BCUT2D eigenvalue weighted by Crippen LogP contribution is 2.22. The van der Waals surface area contributed by atoms with Gasteiger partial charge in [-0.15, -0.1) is 0 Å². The molecule has 0 bridgehead atoms. The summed E-state index contributed by atoms with van der Waals surface area (Å²) in [7, 11) is 2.11. The van der Waals surface area contributed by atoms with Crippen LogP contribution in [0.1, 0.15) is 25.5 Å². The highest BCUT2D eigenvalue weighted by molar-refractivity contribution is 5.43. The predicted molar refractivity (Wildman–Crippen MR) is 73.5 cm³/mol. The quantitative estimate of drug-likeness (QED) is 0.857. The van der Waals surface area contributed by atoms with Gasteiger partial charge in [-0.3, -0.25) is 4.98 Å². The SMILES string of the molecule is CCN1CCC(N(C)c2nccnc2CN)CC1. The molecule has 2 N–H and O–H groups in total. The summed E-state index contributed by atoms with van der Waals surface area (Å²) in [4.78, 5) is 13.5. The van der Waals surface area contributed by atoms with Gasteiger partial charge in [0.05, 0.1) is 5.69 Å². The van der Waals surface area contributed by atoms with Gasteiger partial charge in [-0.1, -0.05) is 6.92 Å². The first-order chi connectivity index (χ1) is 8.76. The van der Waals surface area contributed by atoms with Crippen LogP contribution in [0.3, 0.4) is 0 Å². The zero-order valence-corrected chi connectivity index (χ0v) is 11.3. The normalized spacial score (nSPS) is 17.9. The van der Waals surface area contributed by atoms with Gasteiger partial charge in [0.1, 0.15) is 0 Å². The van der Waals surface area contributed by atoms with Gasteiger partial charge in [0.2, 0.25) is 0 Å². The second-order valence-electron chi connectivity index (χ2n) is 4.81. The number of aromatic nitrogens is 2. The van der Waals surface area contributed by atoms with Gasteiger partial charge in [0.15, 0.2) is 5.82 Å². The summed E-state index contributed by atoms with van der Waals surface area (Å²) in [6, 6.07) is 0.551. The molecule has 5 heteroatoms. The lowest BCUT2D eigenvalue weighted by Crippen LogP contribution is -2.44. The molecule has 0 aliphatic carbocycles. The van der Waals surface area contributed by atoms with E-state index in [-0.39, 0.29) is 0 Å². The van der Waals surface area contributed by atoms with Crippen molar-refractivity contribution in [3.8, 4) is 0 Å². The largest absolute Gasteiger partial charge is 0.355 e. The molecule has 100 valence electrons. The molecule has 18 heavy (non-hydrogen) atoms. The molecule has 1 aromatic rings. The van der Waals surface area contributed by atoms with Gasteiger partial charge in [0.25, 0.3) is 0 Å². The standard InChI is InChI=1S/C13H23N5/c1-3-18-8-4-11(5-9-18)17(2)13-12(10-14)15-6-7-16-13/h6-7,11H,3-5,8-10,14H2,1-2H3. The fourth-order valence-electron chi connectivity index (χ4n) is 2.59. The Hall–Kier alpha value is -1.20. The summed E-state index contributed by atoms with van der Waals surface area (Å²) >= 11 is 0. The summed E-state index contributed by atoms with van der Waals surface area (Å²) in [6.07, 6.45) is 5.82. The number of nitrogens with two attached hydrogens (primary N) is 1. The molecule has 0 amide bonds. The number of hydrogen-bond donors (Lipinski definition) is 1. The molecule has 2 rings (SSSR count). The molecule has 1 aliphatic rings. The molecular weight excluding hydrogens is 226 g/mol. The van der Waals surface area contributed by atoms with Crippen LogP contribution in [0, 0.1) is 0 Å². The summed E-state index contributed by atoms with van der Waals surface area (Å²) in [5, 5.41) is 0. The maximum absolute atomic E-state index is 5.72. The Morgan fingerprint density at radius 2 is 2.00 bits per heavy atom. The maximum atomic E-state index is 5.72. The van der Waals surface area contributed by atoms with E-state index in [0.717, 1.165) is 18.1 Å². The van der Waals surface area contributed by atoms with Crippen molar-refractivity contribution in [2.45, 2.75) is 32.4 Å². The van der Waals surface area contributed by atoms with Crippen LogP contribution in [-0.2, 0) is 6.54 Å². The molecule has 1 fully saturated rings. The topological polar surface area (TPSA) is 58.3 Å². The van der Waals surface area contributed by atoms with Crippen molar-refractivity contribution < 1.29 is 0 Å². The minimum absolute atomic E-state index is 0.446. The fraction of sp³-hybridized carbons (Fsp3) is 0.692. The molecule has 0 spiro atoms. The number of piperidine rings is 1. The van der Waals surface area contributed by atoms with Crippen LogP contribution >= 0.6 is 0 Å². The number of nitrogens with zero attached hydrogens (tertiary/aromatic N) is 4. The third kappa shape index (κ3) is 2.79. The monoisotopic (exact) mass is 249 g/mol. The average molecular weight is 249 g/mol. The molecule has 0 unspecified atom stereocenters. The molecule has 0 aromatic carbocycles. The maximum Gasteiger partial charge on any atom is 0.151 e. The van der Waals surface area contributed by atoms with Crippen LogP contribution in [0.15, 0.2) is 12.4 Å². The van der Waals surface area contributed by atoms with Crippen molar-refractivity contribution >= 4 is 5.82 Å². The van der Waals surface area contributed by atoms with Crippen molar-refractivity contribution in [3.63, 3.8) is 0 Å². The molecule has 0 saturated carbocycles. The summed E-state index contributed by atoms with van der Waals surface area (Å²) in [5.74, 6) is 0.940. The third-order valence-corrected chi connectivity index (χ3v) is 3.83. The lowest BCUT2D eigenvalue weighted by atomic mass is 10.0. The molecule has 0 radical (unpaired) electrons. The molecule has 1 aliphatic heterocycles. The van der Waals surface area contributed by atoms with Crippen LogP contribution in [0.25, 0.3) is 0 Å². The average Bonchev–Trinajstić information content (AvgIpc) is 2.46. The lowest BCUT2D eigenvalue weighted by Gasteiger charge is -2.37. The van der Waals surface area contributed by atoms with Crippen molar-refractivity contribution in [3.05, 3.63) is 18.1 Å². The lowest BCUT2D eigenvalue weighted by molar-refractivity contribution is 0.220. The van der Waals surface area contributed by atoms with Gasteiger partial charge in [0, 0.05) is 45.1 Å². The van der Waals surface area contributed by atoms with Crippen LogP contribution in [0.4, 0.5) is 5.82 Å². The van der Waals surface area contributed by atoms with Gasteiger partial charge >= 0.3 is 0 Å². The first kappa shape index (κ1) is 13.2. The Labute approximate surface area is 109 Å². The van der Waals surface area contributed by atoms with E-state index in [9.17, 15) is 0 Å². The summed E-state index contributed by atoms with van der Waals surface area (Å²) < 4.78 is 0. The Balaban J connectivity index is 2.05. The number of likely N-dealkylation sites (tertiary alicyclic amines) is 1. The van der Waals surface area contributed by atoms with Gasteiger partial charge in [-0.2, -0.15) is 0 Å². The number of anilines is 1. The van der Waals surface area contributed by atoms with E-state index in [0.29, 0.717) is 12.6 Å². The predicted octanol–water partition coefficient (Wildman–Crippen LogP) is 0.856. The van der Waals surface area contributed by atoms with Crippen molar-refractivity contribution in [2.75, 3.05) is 31.6 Å².